The molecule has 5 aromatic rings. The molecule has 0 spiro atoms. The number of nitrogens with zero attached hydrogens (tertiary/aromatic N) is 3. The zero-order chi connectivity index (χ0) is 48.3. The highest BCUT2D eigenvalue weighted by Gasteiger charge is 2.46. The number of hydrogen-bond donors (Lipinski definition) is 2. The van der Waals surface area contributed by atoms with Gasteiger partial charge in [0.15, 0.2) is 5.13 Å². The molecule has 1 saturated heterocycles. The van der Waals surface area contributed by atoms with Gasteiger partial charge in [-0.2, -0.15) is 0 Å². The fourth-order valence-electron chi connectivity index (χ4n) is 8.33. The maximum Gasteiger partial charge on any atom is 0.266 e. The molecular formula is C51H53N5O12S. The Bertz CT molecular complexity index is 2720. The van der Waals surface area contributed by atoms with Crippen molar-refractivity contribution in [3.8, 4) is 22.8 Å². The Morgan fingerprint density at radius 1 is 0.754 bits per heavy atom. The largest absolute Gasteiger partial charge is 0.491 e. The van der Waals surface area contributed by atoms with Crippen LogP contribution in [0.3, 0.4) is 0 Å². The minimum Gasteiger partial charge on any atom is -0.491 e. The molecule has 1 fully saturated rings. The molecule has 0 saturated carbocycles. The van der Waals surface area contributed by atoms with Crippen LogP contribution in [0.4, 0.5) is 10.8 Å². The molecule has 1 atom stereocenters. The van der Waals surface area contributed by atoms with Crippen LogP contribution < -0.4 is 25.0 Å². The summed E-state index contributed by atoms with van der Waals surface area (Å²) in [5.41, 5.74) is 6.46. The van der Waals surface area contributed by atoms with E-state index >= 15 is 0 Å². The molecule has 3 aliphatic heterocycles. The van der Waals surface area contributed by atoms with E-state index in [0.29, 0.717) is 75.8 Å². The number of anilines is 2. The smallest absolute Gasteiger partial charge is 0.266 e. The molecular weight excluding hydrogens is 907 g/mol. The third kappa shape index (κ3) is 11.9. The fraction of sp³-hybridized carbons (Fsp3) is 0.353. The van der Waals surface area contributed by atoms with Gasteiger partial charge in [0.2, 0.25) is 17.7 Å². The minimum absolute atomic E-state index is 0.00458. The summed E-state index contributed by atoms with van der Waals surface area (Å²) in [7, 11) is 0. The van der Waals surface area contributed by atoms with Gasteiger partial charge in [0.05, 0.1) is 76.1 Å². The van der Waals surface area contributed by atoms with Crippen LogP contribution >= 0.6 is 11.3 Å². The average Bonchev–Trinajstić information content (AvgIpc) is 4.01. The number of imide groups is 2. The monoisotopic (exact) mass is 959 g/mol. The number of nitrogens with one attached hydrogen (secondary N) is 2. The van der Waals surface area contributed by atoms with E-state index in [4.69, 9.17) is 33.4 Å². The first-order chi connectivity index (χ1) is 33.5. The summed E-state index contributed by atoms with van der Waals surface area (Å²) in [5.74, 6) is -1.68. The Hall–Kier alpha value is -6.83. The average molecular weight is 960 g/mol. The Kier molecular flexibility index (Phi) is 16.2. The van der Waals surface area contributed by atoms with Crippen molar-refractivity contribution in [2.75, 3.05) is 82.8 Å². The van der Waals surface area contributed by atoms with E-state index in [-0.39, 0.29) is 61.2 Å². The standard InChI is InChI=1S/C51H53N5O12S/c1-32-7-3-4-10-38(32)48(60)55-18-17-35-31-36(13-14-40(35)55)46-33(2)69-51(54-46)53-44(58)30-34-8-5-9-37(29-34)67-27-25-65-23-21-63-19-20-64-22-24-66-26-28-68-42-12-6-11-39-45(42)50(62)56(49(39)61)41-15-16-43(57)52-47(41)59/h3-14,29,31,41H,15-28,30H2,1-2H3,(H,52,57,59)(H,53,54,58). The number of carbonyl (C=O) groups excluding carboxylic acids is 6. The van der Waals surface area contributed by atoms with Crippen molar-refractivity contribution in [1.82, 2.24) is 15.2 Å². The lowest BCUT2D eigenvalue weighted by atomic mass is 10.0. The maximum absolute atomic E-state index is 13.4. The molecule has 1 aromatic heterocycles. The number of carbonyl (C=O) groups is 6. The lowest BCUT2D eigenvalue weighted by Crippen LogP contribution is -2.54. The van der Waals surface area contributed by atoms with Gasteiger partial charge in [-0.1, -0.05) is 42.5 Å². The van der Waals surface area contributed by atoms with Crippen LogP contribution in [0.5, 0.6) is 11.5 Å². The predicted molar refractivity (Wildman–Crippen MR) is 255 cm³/mol. The van der Waals surface area contributed by atoms with E-state index in [1.165, 1.54) is 17.4 Å². The van der Waals surface area contributed by atoms with Gasteiger partial charge in [-0.3, -0.25) is 39.0 Å². The van der Waals surface area contributed by atoms with E-state index < -0.39 is 29.7 Å². The predicted octanol–water partition coefficient (Wildman–Crippen LogP) is 5.74. The molecule has 2 N–H and O–H groups in total. The molecule has 18 heteroatoms. The fourth-order valence-corrected chi connectivity index (χ4v) is 9.18. The maximum atomic E-state index is 13.4. The number of hydrogen-bond acceptors (Lipinski definition) is 14. The third-order valence-electron chi connectivity index (χ3n) is 11.7. The van der Waals surface area contributed by atoms with Crippen molar-refractivity contribution in [1.29, 1.82) is 0 Å². The van der Waals surface area contributed by atoms with Gasteiger partial charge in [0, 0.05) is 34.7 Å². The summed E-state index contributed by atoms with van der Waals surface area (Å²) < 4.78 is 34.0. The van der Waals surface area contributed by atoms with Crippen LogP contribution in [0, 0.1) is 13.8 Å². The van der Waals surface area contributed by atoms with Crippen LogP contribution in [-0.4, -0.2) is 124 Å². The first-order valence-corrected chi connectivity index (χ1v) is 23.7. The van der Waals surface area contributed by atoms with Crippen LogP contribution in [0.25, 0.3) is 11.3 Å². The highest BCUT2D eigenvalue weighted by Crippen LogP contribution is 2.37. The van der Waals surface area contributed by atoms with E-state index in [0.717, 1.165) is 49.8 Å². The molecule has 0 aliphatic carbocycles. The third-order valence-corrected chi connectivity index (χ3v) is 12.6. The number of ether oxygens (including phenoxy) is 6. The lowest BCUT2D eigenvalue weighted by Gasteiger charge is -2.27. The molecule has 4 heterocycles. The van der Waals surface area contributed by atoms with E-state index in [1.54, 1.807) is 12.1 Å². The van der Waals surface area contributed by atoms with Crippen LogP contribution in [-0.2, 0) is 46.2 Å². The number of amides is 6. The molecule has 1 unspecified atom stereocenters. The summed E-state index contributed by atoms with van der Waals surface area (Å²) >= 11 is 1.43. The van der Waals surface area contributed by atoms with Crippen LogP contribution in [0.15, 0.2) is 84.9 Å². The summed E-state index contributed by atoms with van der Waals surface area (Å²) in [5, 5.41) is 5.66. The minimum atomic E-state index is -1.05. The van der Waals surface area contributed by atoms with Gasteiger partial charge in [0.25, 0.3) is 17.7 Å². The second-order valence-electron chi connectivity index (χ2n) is 16.4. The number of aromatic nitrogens is 1. The van der Waals surface area contributed by atoms with Crippen LogP contribution in [0.2, 0.25) is 0 Å². The van der Waals surface area contributed by atoms with Gasteiger partial charge in [0.1, 0.15) is 30.8 Å². The highest BCUT2D eigenvalue weighted by atomic mass is 32.1. The quantitative estimate of drug-likeness (QED) is 0.0594. The highest BCUT2D eigenvalue weighted by molar-refractivity contribution is 7.16. The number of benzene rings is 4. The first kappa shape index (κ1) is 48.6. The molecule has 0 bridgehead atoms. The van der Waals surface area contributed by atoms with Crippen LogP contribution in [0.1, 0.15) is 65.5 Å². The Labute approximate surface area is 403 Å². The Balaban J connectivity index is 0.654. The van der Waals surface area contributed by atoms with Gasteiger partial charge < -0.3 is 38.6 Å². The zero-order valence-electron chi connectivity index (χ0n) is 38.4. The molecule has 0 radical (unpaired) electrons. The lowest BCUT2D eigenvalue weighted by molar-refractivity contribution is -0.136. The van der Waals surface area contributed by atoms with Crippen molar-refractivity contribution < 1.29 is 57.2 Å². The molecule has 3 aliphatic rings. The zero-order valence-corrected chi connectivity index (χ0v) is 39.2. The molecule has 8 rings (SSSR count). The SMILES string of the molecule is Cc1ccccc1C(=O)N1CCc2cc(-c3nc(NC(=O)Cc4cccc(OCCOCCOCCOCCOCCOc5cccc6c5C(=O)N(C5CCC(=O)NC5=O)C6=O)c4)sc3C)ccc21. The Morgan fingerprint density at radius 3 is 2.17 bits per heavy atom. The summed E-state index contributed by atoms with van der Waals surface area (Å²) in [6.45, 7) is 7.71. The van der Waals surface area contributed by atoms with Gasteiger partial charge in [-0.25, -0.2) is 4.98 Å². The molecule has 4 aromatic carbocycles. The van der Waals surface area contributed by atoms with Crippen molar-refractivity contribution in [2.24, 2.45) is 0 Å². The van der Waals surface area contributed by atoms with E-state index in [2.05, 4.69) is 16.7 Å². The van der Waals surface area contributed by atoms with Crippen molar-refractivity contribution in [2.45, 2.75) is 45.6 Å². The summed E-state index contributed by atoms with van der Waals surface area (Å²) in [6.07, 6.45) is 1.02. The van der Waals surface area contributed by atoms with Crippen molar-refractivity contribution >= 4 is 57.6 Å². The number of thiazole rings is 1. The second kappa shape index (κ2) is 23.0. The van der Waals surface area contributed by atoms with E-state index in [1.807, 2.05) is 79.4 Å². The van der Waals surface area contributed by atoms with Gasteiger partial charge in [-0.15, -0.1) is 11.3 Å². The van der Waals surface area contributed by atoms with Gasteiger partial charge >= 0.3 is 0 Å². The normalized spacial score (nSPS) is 15.3. The van der Waals surface area contributed by atoms with Crippen molar-refractivity contribution in [3.05, 3.63) is 123 Å². The summed E-state index contributed by atoms with van der Waals surface area (Å²) in [4.78, 5) is 85.0. The van der Waals surface area contributed by atoms with Crippen molar-refractivity contribution in [3.63, 3.8) is 0 Å². The first-order valence-electron chi connectivity index (χ1n) is 22.8. The molecule has 17 nitrogen and oxygen atoms in total. The second-order valence-corrected chi connectivity index (χ2v) is 17.6. The summed E-state index contributed by atoms with van der Waals surface area (Å²) in [6, 6.07) is 24.7. The number of piperidine rings is 1. The number of fused-ring (bicyclic) bond motifs is 2. The molecule has 69 heavy (non-hydrogen) atoms. The topological polar surface area (TPSA) is 201 Å². The van der Waals surface area contributed by atoms with Gasteiger partial charge in [-0.05, 0) is 85.8 Å². The number of rotatable bonds is 23. The molecule has 360 valence electrons. The molecule has 6 amide bonds. The number of aryl methyl sites for hydroxylation is 2. The Morgan fingerprint density at radius 2 is 1.45 bits per heavy atom. The van der Waals surface area contributed by atoms with E-state index in [9.17, 15) is 28.8 Å².